The molecule has 0 bridgehead atoms. The third-order valence-electron chi connectivity index (χ3n) is 2.62. The molecule has 0 saturated heterocycles. The maximum Gasteiger partial charge on any atom is 0.0804 e. The first-order chi connectivity index (χ1) is 8.74. The second-order valence-corrected chi connectivity index (χ2v) is 6.69. The molecule has 1 unspecified atom stereocenters. The van der Waals surface area contributed by atoms with Gasteiger partial charge < -0.3 is 0 Å². The van der Waals surface area contributed by atoms with Gasteiger partial charge in [-0.1, -0.05) is 17.8 Å². The van der Waals surface area contributed by atoms with Crippen LogP contribution in [-0.4, -0.2) is 9.59 Å². The van der Waals surface area contributed by atoms with Gasteiger partial charge in [-0.25, -0.2) is 0 Å². The van der Waals surface area contributed by atoms with Gasteiger partial charge in [0.2, 0.25) is 0 Å². The summed E-state index contributed by atoms with van der Waals surface area (Å²) >= 11 is 6.64. The highest BCUT2D eigenvalue weighted by Crippen LogP contribution is 2.28. The van der Waals surface area contributed by atoms with Crippen LogP contribution in [0.15, 0.2) is 15.9 Å². The molecular formula is C11H15BrN4S2. The van der Waals surface area contributed by atoms with Crippen LogP contribution < -0.4 is 11.3 Å². The van der Waals surface area contributed by atoms with Crippen LogP contribution in [0.25, 0.3) is 0 Å². The Morgan fingerprint density at radius 2 is 2.39 bits per heavy atom. The number of halogens is 1. The average molecular weight is 347 g/mol. The lowest BCUT2D eigenvalue weighted by Gasteiger charge is -2.13. The normalized spacial score (nSPS) is 12.8. The van der Waals surface area contributed by atoms with Crippen LogP contribution in [0.2, 0.25) is 0 Å². The topological polar surface area (TPSA) is 63.8 Å². The molecule has 2 rings (SSSR count). The van der Waals surface area contributed by atoms with Crippen LogP contribution in [0.1, 0.15) is 34.8 Å². The van der Waals surface area contributed by atoms with Crippen molar-refractivity contribution < 1.29 is 0 Å². The molecule has 2 aromatic rings. The fourth-order valence-electron chi connectivity index (χ4n) is 1.78. The largest absolute Gasteiger partial charge is 0.271 e. The molecule has 0 aliphatic rings. The van der Waals surface area contributed by atoms with E-state index in [4.69, 9.17) is 5.84 Å². The van der Waals surface area contributed by atoms with E-state index in [1.807, 2.05) is 0 Å². The summed E-state index contributed by atoms with van der Waals surface area (Å²) in [5, 5.41) is 6.27. The molecule has 0 fully saturated rings. The Kier molecular flexibility index (Phi) is 5.25. The van der Waals surface area contributed by atoms with Crippen molar-refractivity contribution in [3.63, 3.8) is 0 Å². The number of aromatic nitrogens is 2. The SMILES string of the molecule is CCCc1nnsc1C(Cc1cc(Br)cs1)NN. The van der Waals surface area contributed by atoms with Crippen LogP contribution in [0.5, 0.6) is 0 Å². The van der Waals surface area contributed by atoms with Gasteiger partial charge in [-0.3, -0.25) is 11.3 Å². The van der Waals surface area contributed by atoms with Crippen molar-refractivity contribution in [3.8, 4) is 0 Å². The second-order valence-electron chi connectivity index (χ2n) is 3.99. The van der Waals surface area contributed by atoms with Gasteiger partial charge in [0, 0.05) is 21.2 Å². The zero-order chi connectivity index (χ0) is 13.0. The minimum Gasteiger partial charge on any atom is -0.271 e. The minimum absolute atomic E-state index is 0.0945. The van der Waals surface area contributed by atoms with Gasteiger partial charge in [-0.15, -0.1) is 16.4 Å². The predicted octanol–water partition coefficient (Wildman–Crippen LogP) is 3.06. The van der Waals surface area contributed by atoms with E-state index < -0.39 is 0 Å². The number of hydrazine groups is 1. The summed E-state index contributed by atoms with van der Waals surface area (Å²) in [5.74, 6) is 5.68. The predicted molar refractivity (Wildman–Crippen MR) is 79.7 cm³/mol. The lowest BCUT2D eigenvalue weighted by Crippen LogP contribution is -2.29. The van der Waals surface area contributed by atoms with E-state index in [0.29, 0.717) is 0 Å². The highest BCUT2D eigenvalue weighted by Gasteiger charge is 2.18. The summed E-state index contributed by atoms with van der Waals surface area (Å²) in [6, 6.07) is 2.22. The summed E-state index contributed by atoms with van der Waals surface area (Å²) in [5.41, 5.74) is 3.95. The van der Waals surface area contributed by atoms with Crippen molar-refractivity contribution in [1.82, 2.24) is 15.0 Å². The molecule has 0 spiro atoms. The van der Waals surface area contributed by atoms with Crippen molar-refractivity contribution in [3.05, 3.63) is 31.4 Å². The first kappa shape index (κ1) is 14.1. The van der Waals surface area contributed by atoms with Crippen LogP contribution in [0, 0.1) is 0 Å². The molecule has 18 heavy (non-hydrogen) atoms. The monoisotopic (exact) mass is 346 g/mol. The van der Waals surface area contributed by atoms with E-state index >= 15 is 0 Å². The van der Waals surface area contributed by atoms with Gasteiger partial charge in [0.15, 0.2) is 0 Å². The lowest BCUT2D eigenvalue weighted by molar-refractivity contribution is 0.557. The molecule has 0 amide bonds. The van der Waals surface area contributed by atoms with Gasteiger partial charge >= 0.3 is 0 Å². The minimum atomic E-state index is 0.0945. The smallest absolute Gasteiger partial charge is 0.0804 e. The Morgan fingerprint density at radius 3 is 3.00 bits per heavy atom. The Bertz CT molecular complexity index is 497. The van der Waals surface area contributed by atoms with E-state index in [9.17, 15) is 0 Å². The fraction of sp³-hybridized carbons (Fsp3) is 0.455. The highest BCUT2D eigenvalue weighted by molar-refractivity contribution is 9.10. The quantitative estimate of drug-likeness (QED) is 0.623. The Hall–Kier alpha value is -0.340. The van der Waals surface area contributed by atoms with E-state index in [1.54, 1.807) is 11.3 Å². The fourth-order valence-corrected chi connectivity index (χ4v) is 4.03. The average Bonchev–Trinajstić information content (AvgIpc) is 2.96. The molecule has 0 aliphatic heterocycles. The van der Waals surface area contributed by atoms with Crippen LogP contribution in [-0.2, 0) is 12.8 Å². The Balaban J connectivity index is 2.14. The summed E-state index contributed by atoms with van der Waals surface area (Å²) in [4.78, 5) is 2.45. The van der Waals surface area contributed by atoms with E-state index in [-0.39, 0.29) is 6.04 Å². The van der Waals surface area contributed by atoms with E-state index in [0.717, 1.165) is 34.3 Å². The molecular weight excluding hydrogens is 332 g/mol. The molecule has 3 N–H and O–H groups in total. The summed E-state index contributed by atoms with van der Waals surface area (Å²) in [7, 11) is 0. The Labute approximate surface area is 123 Å². The van der Waals surface area contributed by atoms with Crippen LogP contribution in [0.3, 0.4) is 0 Å². The maximum absolute atomic E-state index is 5.68. The molecule has 0 aromatic carbocycles. The van der Waals surface area contributed by atoms with Crippen LogP contribution >= 0.6 is 38.8 Å². The van der Waals surface area contributed by atoms with Crippen molar-refractivity contribution in [2.24, 2.45) is 5.84 Å². The highest BCUT2D eigenvalue weighted by atomic mass is 79.9. The van der Waals surface area contributed by atoms with Crippen molar-refractivity contribution in [2.75, 3.05) is 0 Å². The molecule has 98 valence electrons. The lowest BCUT2D eigenvalue weighted by atomic mass is 10.1. The molecule has 4 nitrogen and oxygen atoms in total. The van der Waals surface area contributed by atoms with Crippen molar-refractivity contribution in [1.29, 1.82) is 0 Å². The number of rotatable bonds is 6. The number of hydrogen-bond acceptors (Lipinski definition) is 6. The van der Waals surface area contributed by atoms with Gasteiger partial charge in [0.1, 0.15) is 0 Å². The first-order valence-electron chi connectivity index (χ1n) is 5.74. The first-order valence-corrected chi connectivity index (χ1v) is 8.19. The second kappa shape index (κ2) is 6.72. The molecule has 1 atom stereocenters. The molecule has 0 aliphatic carbocycles. The van der Waals surface area contributed by atoms with Gasteiger partial charge in [-0.2, -0.15) is 0 Å². The molecule has 2 heterocycles. The molecule has 0 saturated carbocycles. The number of nitrogens with two attached hydrogens (primary N) is 1. The van der Waals surface area contributed by atoms with E-state index in [1.165, 1.54) is 16.4 Å². The van der Waals surface area contributed by atoms with Crippen molar-refractivity contribution >= 4 is 38.8 Å². The van der Waals surface area contributed by atoms with Gasteiger partial charge in [0.25, 0.3) is 0 Å². The standard InChI is InChI=1S/C11H15BrN4S2/c1-2-3-9-11(18-16-15-9)10(14-13)5-8-4-7(12)6-17-8/h4,6,10,14H,2-3,5,13H2,1H3. The number of hydrogen-bond donors (Lipinski definition) is 2. The number of nitrogens with zero attached hydrogens (tertiary/aromatic N) is 2. The third-order valence-corrected chi connectivity index (χ3v) is 5.22. The summed E-state index contributed by atoms with van der Waals surface area (Å²) in [6.07, 6.45) is 2.89. The third kappa shape index (κ3) is 3.36. The zero-order valence-electron chi connectivity index (χ0n) is 10.0. The molecule has 0 radical (unpaired) electrons. The maximum atomic E-state index is 5.68. The van der Waals surface area contributed by atoms with E-state index in [2.05, 4.69) is 49.3 Å². The zero-order valence-corrected chi connectivity index (χ0v) is 13.2. The number of thiophene rings is 1. The molecule has 2 aromatic heterocycles. The molecule has 7 heteroatoms. The van der Waals surface area contributed by atoms with Gasteiger partial charge in [0.05, 0.1) is 16.6 Å². The summed E-state index contributed by atoms with van der Waals surface area (Å²) in [6.45, 7) is 2.14. The van der Waals surface area contributed by atoms with Crippen molar-refractivity contribution in [2.45, 2.75) is 32.2 Å². The Morgan fingerprint density at radius 1 is 1.56 bits per heavy atom. The number of nitrogens with one attached hydrogen (secondary N) is 1. The summed E-state index contributed by atoms with van der Waals surface area (Å²) < 4.78 is 5.17. The number of aryl methyl sites for hydroxylation is 1. The van der Waals surface area contributed by atoms with Gasteiger partial charge in [-0.05, 0) is 39.9 Å². The van der Waals surface area contributed by atoms with Crippen LogP contribution in [0.4, 0.5) is 0 Å².